The Morgan fingerprint density at radius 2 is 1.95 bits per heavy atom. The Morgan fingerprint density at radius 1 is 1.11 bits per heavy atom. The number of amides is 3. The molecule has 184 valence electrons. The summed E-state index contributed by atoms with van der Waals surface area (Å²) in [6.45, 7) is 2.26. The van der Waals surface area contributed by atoms with Gasteiger partial charge in [-0.2, -0.15) is 0 Å². The van der Waals surface area contributed by atoms with Gasteiger partial charge in [0.15, 0.2) is 5.76 Å². The number of benzene rings is 2. The Kier molecular flexibility index (Phi) is 5.94. The summed E-state index contributed by atoms with van der Waals surface area (Å²) in [4.78, 5) is 48.1. The molecule has 0 bridgehead atoms. The molecule has 9 heteroatoms. The van der Waals surface area contributed by atoms with E-state index in [0.29, 0.717) is 5.69 Å². The Bertz CT molecular complexity index is 1610. The minimum atomic E-state index is -0.917. The maximum atomic E-state index is 13.5. The highest BCUT2D eigenvalue weighted by Gasteiger charge is 2.45. The van der Waals surface area contributed by atoms with Gasteiger partial charge in [-0.25, -0.2) is 9.88 Å². The average molecular weight is 528 g/mol. The van der Waals surface area contributed by atoms with Crippen LogP contribution in [0.3, 0.4) is 0 Å². The van der Waals surface area contributed by atoms with Crippen molar-refractivity contribution in [2.75, 3.05) is 4.90 Å². The zero-order valence-corrected chi connectivity index (χ0v) is 21.4. The van der Waals surface area contributed by atoms with Gasteiger partial charge in [0.2, 0.25) is 5.91 Å². The number of furan rings is 1. The number of carbonyl (C=O) groups is 3. The van der Waals surface area contributed by atoms with E-state index < -0.39 is 17.9 Å². The first kappa shape index (κ1) is 23.3. The van der Waals surface area contributed by atoms with Crippen molar-refractivity contribution in [2.24, 2.45) is 0 Å². The van der Waals surface area contributed by atoms with E-state index >= 15 is 0 Å². The summed E-state index contributed by atoms with van der Waals surface area (Å²) in [5.74, 6) is -1.07. The molecule has 7 nitrogen and oxygen atoms in total. The van der Waals surface area contributed by atoms with E-state index in [2.05, 4.69) is 13.0 Å². The van der Waals surface area contributed by atoms with Gasteiger partial charge >= 0.3 is 0 Å². The van der Waals surface area contributed by atoms with Crippen molar-refractivity contribution in [3.05, 3.63) is 94.6 Å². The van der Waals surface area contributed by atoms with Gasteiger partial charge in [0.25, 0.3) is 11.8 Å². The molecule has 4 heterocycles. The molecule has 6 rings (SSSR count). The monoisotopic (exact) mass is 527 g/mol. The molecule has 1 fully saturated rings. The number of nitrogens with zero attached hydrogens (tertiary/aromatic N) is 3. The summed E-state index contributed by atoms with van der Waals surface area (Å²) < 4.78 is 6.42. The van der Waals surface area contributed by atoms with Crippen molar-refractivity contribution in [1.29, 1.82) is 0 Å². The molecule has 3 aromatic heterocycles. The molecule has 0 saturated carbocycles. The van der Waals surface area contributed by atoms with Crippen LogP contribution in [0.4, 0.5) is 5.69 Å². The van der Waals surface area contributed by atoms with Gasteiger partial charge in [-0.3, -0.25) is 14.4 Å². The fourth-order valence-electron chi connectivity index (χ4n) is 4.47. The molecule has 1 unspecified atom stereocenters. The predicted octanol–water partition coefficient (Wildman–Crippen LogP) is 5.90. The quantitative estimate of drug-likeness (QED) is 0.257. The third-order valence-corrected chi connectivity index (χ3v) is 8.24. The Balaban J connectivity index is 1.27. The molecule has 0 radical (unpaired) electrons. The molecular weight excluding hydrogens is 506 g/mol. The van der Waals surface area contributed by atoms with Crippen LogP contribution in [0.15, 0.2) is 82.8 Å². The second-order valence-electron chi connectivity index (χ2n) is 8.81. The average Bonchev–Trinajstić information content (AvgIpc) is 3.70. The summed E-state index contributed by atoms with van der Waals surface area (Å²) in [5, 5.41) is 2.78. The van der Waals surface area contributed by atoms with Crippen molar-refractivity contribution in [3.8, 4) is 10.6 Å². The molecule has 2 aromatic carbocycles. The van der Waals surface area contributed by atoms with E-state index in [0.717, 1.165) is 25.7 Å². The number of hydrogen-bond acceptors (Lipinski definition) is 7. The summed E-state index contributed by atoms with van der Waals surface area (Å²) in [7, 11) is 0. The number of hydrogen-bond donors (Lipinski definition) is 0. The summed E-state index contributed by atoms with van der Waals surface area (Å²) in [5.41, 5.74) is 3.50. The van der Waals surface area contributed by atoms with Crippen LogP contribution < -0.4 is 4.90 Å². The number of rotatable bonds is 6. The Morgan fingerprint density at radius 3 is 2.68 bits per heavy atom. The van der Waals surface area contributed by atoms with E-state index in [4.69, 9.17) is 9.40 Å². The highest BCUT2D eigenvalue weighted by molar-refractivity contribution is 7.21. The first-order valence-electron chi connectivity index (χ1n) is 11.7. The van der Waals surface area contributed by atoms with E-state index in [1.54, 1.807) is 35.6 Å². The molecular formula is C28H21N3O4S2. The molecule has 37 heavy (non-hydrogen) atoms. The fraction of sp³-hybridized carbons (Fsp3) is 0.143. The van der Waals surface area contributed by atoms with E-state index in [1.165, 1.54) is 33.0 Å². The Hall–Kier alpha value is -4.08. The number of carbonyl (C=O) groups excluding carboxylic acids is 3. The van der Waals surface area contributed by atoms with Gasteiger partial charge in [0.05, 0.1) is 35.1 Å². The van der Waals surface area contributed by atoms with Crippen molar-refractivity contribution in [1.82, 2.24) is 9.88 Å². The lowest BCUT2D eigenvalue weighted by atomic mass is 10.1. The predicted molar refractivity (Wildman–Crippen MR) is 144 cm³/mol. The highest BCUT2D eigenvalue weighted by atomic mass is 32.1. The topological polar surface area (TPSA) is 83.7 Å². The largest absolute Gasteiger partial charge is 0.459 e. The van der Waals surface area contributed by atoms with Gasteiger partial charge in [0, 0.05) is 10.4 Å². The van der Waals surface area contributed by atoms with E-state index in [1.807, 2.05) is 41.8 Å². The van der Waals surface area contributed by atoms with Crippen molar-refractivity contribution < 1.29 is 18.8 Å². The van der Waals surface area contributed by atoms with Crippen LogP contribution in [0, 0.1) is 6.92 Å². The van der Waals surface area contributed by atoms with Gasteiger partial charge in [0.1, 0.15) is 11.0 Å². The van der Waals surface area contributed by atoms with Crippen LogP contribution in [0.25, 0.3) is 20.8 Å². The number of imide groups is 1. The lowest BCUT2D eigenvalue weighted by molar-refractivity contribution is -0.122. The van der Waals surface area contributed by atoms with Gasteiger partial charge in [-0.1, -0.05) is 12.1 Å². The van der Waals surface area contributed by atoms with Gasteiger partial charge in [-0.15, -0.1) is 22.7 Å². The number of anilines is 1. The minimum absolute atomic E-state index is 0.0877. The number of fused-ring (bicyclic) bond motifs is 1. The fourth-order valence-corrected chi connectivity index (χ4v) is 6.25. The van der Waals surface area contributed by atoms with Crippen LogP contribution >= 0.6 is 22.7 Å². The van der Waals surface area contributed by atoms with Crippen LogP contribution in [0.5, 0.6) is 0 Å². The molecule has 0 spiro atoms. The number of aromatic nitrogens is 1. The van der Waals surface area contributed by atoms with Crippen LogP contribution in [0.1, 0.15) is 27.4 Å². The maximum absolute atomic E-state index is 13.5. The smallest absolute Gasteiger partial charge is 0.290 e. The summed E-state index contributed by atoms with van der Waals surface area (Å²) in [6, 6.07) is 19.4. The van der Waals surface area contributed by atoms with E-state index in [-0.39, 0.29) is 24.6 Å². The molecule has 0 N–H and O–H groups in total. The first-order valence-corrected chi connectivity index (χ1v) is 13.4. The summed E-state index contributed by atoms with van der Waals surface area (Å²) >= 11 is 3.09. The molecule has 3 amide bonds. The molecule has 1 atom stereocenters. The molecule has 1 saturated heterocycles. The van der Waals surface area contributed by atoms with E-state index in [9.17, 15) is 14.4 Å². The van der Waals surface area contributed by atoms with Crippen LogP contribution in [-0.4, -0.2) is 33.6 Å². The number of thiazole rings is 1. The first-order chi connectivity index (χ1) is 18.0. The van der Waals surface area contributed by atoms with Crippen molar-refractivity contribution in [3.63, 3.8) is 0 Å². The zero-order chi connectivity index (χ0) is 25.5. The number of aryl methyl sites for hydroxylation is 1. The zero-order valence-electron chi connectivity index (χ0n) is 19.8. The molecule has 1 aliphatic rings. The normalized spacial score (nSPS) is 15.6. The van der Waals surface area contributed by atoms with Crippen LogP contribution in [-0.2, 0) is 16.1 Å². The lowest BCUT2D eigenvalue weighted by Gasteiger charge is -2.26. The molecule has 1 aliphatic heterocycles. The van der Waals surface area contributed by atoms with Crippen molar-refractivity contribution >= 4 is 56.3 Å². The summed E-state index contributed by atoms with van der Waals surface area (Å²) in [6.07, 6.45) is 1.33. The lowest BCUT2D eigenvalue weighted by Crippen LogP contribution is -2.44. The highest BCUT2D eigenvalue weighted by Crippen LogP contribution is 2.33. The SMILES string of the molecule is Cc1ccc2nc(-c3ccc(N4C(=O)CC(N(Cc5cccs5)C(=O)c5ccco5)C4=O)cc3)sc2c1. The second kappa shape index (κ2) is 9.42. The van der Waals surface area contributed by atoms with Gasteiger partial charge in [-0.05, 0) is 72.5 Å². The third-order valence-electron chi connectivity index (χ3n) is 6.31. The second-order valence-corrected chi connectivity index (χ2v) is 10.9. The minimum Gasteiger partial charge on any atom is -0.459 e. The van der Waals surface area contributed by atoms with Gasteiger partial charge < -0.3 is 9.32 Å². The molecule has 5 aromatic rings. The standard InChI is InChI=1S/C28H21N3O4S2/c1-17-6-11-21-24(14-17)37-26(29-21)18-7-9-19(10-8-18)31-25(32)15-22(27(31)33)30(16-20-4-3-13-36-20)28(34)23-5-2-12-35-23/h2-14,22H,15-16H2,1H3. The van der Waals surface area contributed by atoms with Crippen LogP contribution in [0.2, 0.25) is 0 Å². The molecule has 0 aliphatic carbocycles. The Labute approximate surface area is 220 Å². The third kappa shape index (κ3) is 4.36. The van der Waals surface area contributed by atoms with Crippen molar-refractivity contribution in [2.45, 2.75) is 25.9 Å². The number of thiophene rings is 1. The maximum Gasteiger partial charge on any atom is 0.290 e.